The van der Waals surface area contributed by atoms with E-state index in [9.17, 15) is 23.1 Å². The fraction of sp³-hybridized carbons (Fsp3) is 0.353. The van der Waals surface area contributed by atoms with E-state index >= 15 is 0 Å². The SMILES string of the molecule is Cc1ccc(CC(C)(O)CNC(=O)C(F)(F)F)c2ccccc12. The molecular weight excluding hydrogens is 307 g/mol. The standard InChI is InChI=1S/C17H18F3NO2/c1-11-7-8-12(14-6-4-3-5-13(11)14)9-16(2,23)10-21-15(22)17(18,19)20/h3-8,23H,9-10H2,1-2H3,(H,21,22). The summed E-state index contributed by atoms with van der Waals surface area (Å²) in [6.07, 6.45) is -4.82. The number of fused-ring (bicyclic) bond motifs is 1. The predicted molar refractivity (Wildman–Crippen MR) is 82.1 cm³/mol. The van der Waals surface area contributed by atoms with Crippen LogP contribution in [-0.4, -0.2) is 29.3 Å². The zero-order valence-electron chi connectivity index (χ0n) is 12.9. The van der Waals surface area contributed by atoms with Crippen molar-refractivity contribution < 1.29 is 23.1 Å². The van der Waals surface area contributed by atoms with Crippen LogP contribution in [0.3, 0.4) is 0 Å². The van der Waals surface area contributed by atoms with Crippen LogP contribution in [0.4, 0.5) is 13.2 Å². The predicted octanol–water partition coefficient (Wildman–Crippen LogP) is 3.12. The molecule has 0 spiro atoms. The van der Waals surface area contributed by atoms with Crippen LogP contribution in [0.1, 0.15) is 18.1 Å². The molecule has 0 aromatic heterocycles. The molecule has 0 aliphatic heterocycles. The van der Waals surface area contributed by atoms with E-state index in [1.165, 1.54) is 6.92 Å². The minimum absolute atomic E-state index is 0.131. The van der Waals surface area contributed by atoms with Gasteiger partial charge in [0.2, 0.25) is 0 Å². The molecule has 0 heterocycles. The molecule has 2 rings (SSSR count). The number of aryl methyl sites for hydroxylation is 1. The molecule has 2 aromatic carbocycles. The molecule has 0 aliphatic carbocycles. The van der Waals surface area contributed by atoms with Gasteiger partial charge in [0.1, 0.15) is 0 Å². The maximum Gasteiger partial charge on any atom is 0.471 e. The van der Waals surface area contributed by atoms with Gasteiger partial charge in [-0.05, 0) is 35.7 Å². The highest BCUT2D eigenvalue weighted by atomic mass is 19.4. The Bertz CT molecular complexity index is 723. The summed E-state index contributed by atoms with van der Waals surface area (Å²) in [6, 6.07) is 11.4. The second-order valence-corrected chi connectivity index (χ2v) is 5.94. The van der Waals surface area contributed by atoms with Crippen molar-refractivity contribution in [1.82, 2.24) is 5.32 Å². The fourth-order valence-electron chi connectivity index (χ4n) is 2.51. The van der Waals surface area contributed by atoms with Crippen LogP contribution >= 0.6 is 0 Å². The average Bonchev–Trinajstić information content (AvgIpc) is 2.47. The molecule has 1 atom stereocenters. The monoisotopic (exact) mass is 325 g/mol. The third-order valence-electron chi connectivity index (χ3n) is 3.69. The number of amides is 1. The van der Waals surface area contributed by atoms with Gasteiger partial charge in [-0.25, -0.2) is 0 Å². The first-order valence-corrected chi connectivity index (χ1v) is 7.15. The van der Waals surface area contributed by atoms with Gasteiger partial charge in [0.25, 0.3) is 0 Å². The third kappa shape index (κ3) is 4.22. The number of halogens is 3. The number of carbonyl (C=O) groups is 1. The van der Waals surface area contributed by atoms with E-state index < -0.39 is 24.2 Å². The molecule has 0 bridgehead atoms. The number of aliphatic hydroxyl groups is 1. The fourth-order valence-corrected chi connectivity index (χ4v) is 2.51. The molecule has 0 radical (unpaired) electrons. The van der Waals surface area contributed by atoms with Gasteiger partial charge in [0.15, 0.2) is 0 Å². The molecule has 0 saturated heterocycles. The van der Waals surface area contributed by atoms with Crippen molar-refractivity contribution in [2.45, 2.75) is 32.0 Å². The third-order valence-corrected chi connectivity index (χ3v) is 3.69. The first kappa shape index (κ1) is 17.3. The highest BCUT2D eigenvalue weighted by Gasteiger charge is 2.39. The molecular formula is C17H18F3NO2. The summed E-state index contributed by atoms with van der Waals surface area (Å²) < 4.78 is 36.6. The lowest BCUT2D eigenvalue weighted by atomic mass is 9.91. The van der Waals surface area contributed by atoms with Gasteiger partial charge in [-0.1, -0.05) is 36.4 Å². The van der Waals surface area contributed by atoms with Gasteiger partial charge in [-0.15, -0.1) is 0 Å². The van der Waals surface area contributed by atoms with Crippen molar-refractivity contribution in [2.75, 3.05) is 6.54 Å². The zero-order chi connectivity index (χ0) is 17.3. The molecule has 0 saturated carbocycles. The first-order valence-electron chi connectivity index (χ1n) is 7.15. The van der Waals surface area contributed by atoms with E-state index in [4.69, 9.17) is 0 Å². The van der Waals surface area contributed by atoms with E-state index in [1.807, 2.05) is 43.3 Å². The van der Waals surface area contributed by atoms with Crippen LogP contribution in [0.2, 0.25) is 0 Å². The van der Waals surface area contributed by atoms with E-state index in [2.05, 4.69) is 0 Å². The van der Waals surface area contributed by atoms with Crippen LogP contribution in [0.5, 0.6) is 0 Å². The van der Waals surface area contributed by atoms with Gasteiger partial charge in [0.05, 0.1) is 5.60 Å². The lowest BCUT2D eigenvalue weighted by Crippen LogP contribution is -2.46. The topological polar surface area (TPSA) is 49.3 Å². The summed E-state index contributed by atoms with van der Waals surface area (Å²) in [7, 11) is 0. The van der Waals surface area contributed by atoms with Gasteiger partial charge >= 0.3 is 12.1 Å². The van der Waals surface area contributed by atoms with Crippen LogP contribution in [0, 0.1) is 6.92 Å². The summed E-state index contributed by atoms with van der Waals surface area (Å²) >= 11 is 0. The lowest BCUT2D eigenvalue weighted by molar-refractivity contribution is -0.174. The Kier molecular flexibility index (Phi) is 4.66. The minimum Gasteiger partial charge on any atom is -0.388 e. The van der Waals surface area contributed by atoms with Crippen molar-refractivity contribution in [3.05, 3.63) is 47.5 Å². The van der Waals surface area contributed by atoms with Crippen molar-refractivity contribution in [1.29, 1.82) is 0 Å². The van der Waals surface area contributed by atoms with E-state index in [0.717, 1.165) is 21.9 Å². The minimum atomic E-state index is -4.95. The summed E-state index contributed by atoms with van der Waals surface area (Å²) in [4.78, 5) is 10.9. The molecule has 2 N–H and O–H groups in total. The highest BCUT2D eigenvalue weighted by Crippen LogP contribution is 2.25. The summed E-state index contributed by atoms with van der Waals surface area (Å²) in [5.41, 5.74) is 0.408. The number of alkyl halides is 3. The maximum absolute atomic E-state index is 12.2. The van der Waals surface area contributed by atoms with Gasteiger partial charge in [-0.2, -0.15) is 13.2 Å². The number of carbonyl (C=O) groups excluding carboxylic acids is 1. The Morgan fingerprint density at radius 2 is 1.74 bits per heavy atom. The van der Waals surface area contributed by atoms with Crippen molar-refractivity contribution in [2.24, 2.45) is 0 Å². The zero-order valence-corrected chi connectivity index (χ0v) is 12.9. The second-order valence-electron chi connectivity index (χ2n) is 5.94. The van der Waals surface area contributed by atoms with Gasteiger partial charge < -0.3 is 10.4 Å². The number of hydrogen-bond acceptors (Lipinski definition) is 2. The number of rotatable bonds is 4. The van der Waals surface area contributed by atoms with Crippen molar-refractivity contribution >= 4 is 16.7 Å². The smallest absolute Gasteiger partial charge is 0.388 e. The summed E-state index contributed by atoms with van der Waals surface area (Å²) in [6.45, 7) is 2.89. The molecule has 0 fully saturated rings. The largest absolute Gasteiger partial charge is 0.471 e. The quantitative estimate of drug-likeness (QED) is 0.907. The Balaban J connectivity index is 2.18. The van der Waals surface area contributed by atoms with E-state index in [-0.39, 0.29) is 6.42 Å². The molecule has 124 valence electrons. The molecule has 23 heavy (non-hydrogen) atoms. The van der Waals surface area contributed by atoms with Crippen LogP contribution in [0.25, 0.3) is 10.8 Å². The highest BCUT2D eigenvalue weighted by molar-refractivity contribution is 5.88. The van der Waals surface area contributed by atoms with E-state index in [1.54, 1.807) is 5.32 Å². The Hall–Kier alpha value is -2.08. The molecule has 3 nitrogen and oxygen atoms in total. The molecule has 2 aromatic rings. The first-order chi connectivity index (χ1) is 10.6. The summed E-state index contributed by atoms with van der Waals surface area (Å²) in [5.74, 6) is -2.05. The Morgan fingerprint density at radius 1 is 1.13 bits per heavy atom. The Labute approximate surface area is 132 Å². The van der Waals surface area contributed by atoms with Crippen molar-refractivity contribution in [3.8, 4) is 0 Å². The maximum atomic E-state index is 12.2. The molecule has 1 unspecified atom stereocenters. The second kappa shape index (κ2) is 6.20. The van der Waals surface area contributed by atoms with E-state index in [0.29, 0.717) is 0 Å². The molecule has 6 heteroatoms. The van der Waals surface area contributed by atoms with Crippen LogP contribution < -0.4 is 5.32 Å². The molecule has 0 aliphatic rings. The molecule has 1 amide bonds. The normalized spacial score (nSPS) is 14.5. The number of hydrogen-bond donors (Lipinski definition) is 2. The average molecular weight is 325 g/mol. The van der Waals surface area contributed by atoms with Crippen LogP contribution in [-0.2, 0) is 11.2 Å². The van der Waals surface area contributed by atoms with Gasteiger partial charge in [0, 0.05) is 13.0 Å². The van der Waals surface area contributed by atoms with Crippen LogP contribution in [0.15, 0.2) is 36.4 Å². The Morgan fingerprint density at radius 3 is 2.35 bits per heavy atom. The number of benzene rings is 2. The van der Waals surface area contributed by atoms with Crippen molar-refractivity contribution in [3.63, 3.8) is 0 Å². The number of nitrogens with one attached hydrogen (secondary N) is 1. The lowest BCUT2D eigenvalue weighted by Gasteiger charge is -2.25. The summed E-state index contributed by atoms with van der Waals surface area (Å²) in [5, 5.41) is 14.0. The van der Waals surface area contributed by atoms with Gasteiger partial charge in [-0.3, -0.25) is 4.79 Å².